The minimum absolute atomic E-state index is 0.126. The fourth-order valence-electron chi connectivity index (χ4n) is 3.49. The molecule has 0 spiro atoms. The number of benzene rings is 2. The van der Waals surface area contributed by atoms with Gasteiger partial charge in [0.25, 0.3) is 0 Å². The van der Waals surface area contributed by atoms with Crippen LogP contribution in [0.1, 0.15) is 35.2 Å². The molecular formula is C24H24O8. The van der Waals surface area contributed by atoms with E-state index in [2.05, 4.69) is 0 Å². The molecule has 3 aromatic rings. The quantitative estimate of drug-likeness (QED) is 0.282. The number of carbonyl (C=O) groups is 2. The summed E-state index contributed by atoms with van der Waals surface area (Å²) in [6.45, 7) is 1.80. The van der Waals surface area contributed by atoms with Gasteiger partial charge in [0.05, 0.1) is 33.9 Å². The predicted molar refractivity (Wildman–Crippen MR) is 117 cm³/mol. The van der Waals surface area contributed by atoms with Crippen molar-refractivity contribution in [1.82, 2.24) is 0 Å². The van der Waals surface area contributed by atoms with E-state index < -0.39 is 17.5 Å². The molecule has 0 unspecified atom stereocenters. The van der Waals surface area contributed by atoms with E-state index in [-0.39, 0.29) is 30.1 Å². The third-order valence-corrected chi connectivity index (χ3v) is 5.04. The summed E-state index contributed by atoms with van der Waals surface area (Å²) in [5.41, 5.74) is 0.162. The average Bonchev–Trinajstić information content (AvgIpc) is 2.81. The fraction of sp³-hybridized carbons (Fsp3) is 0.292. The number of fused-ring (bicyclic) bond motifs is 1. The fourth-order valence-corrected chi connectivity index (χ4v) is 3.49. The number of hydrogen-bond donors (Lipinski definition) is 0. The van der Waals surface area contributed by atoms with Crippen LogP contribution >= 0.6 is 0 Å². The Kier molecular flexibility index (Phi) is 7.14. The maximum absolute atomic E-state index is 13.0. The molecule has 8 nitrogen and oxygen atoms in total. The Balaban J connectivity index is 2.12. The molecule has 0 saturated heterocycles. The molecule has 32 heavy (non-hydrogen) atoms. The molecule has 0 aliphatic heterocycles. The standard InChI is InChI=1S/C24H24O8/c1-5-31-24(27)18(12-19(25)14-6-8-15(28-2)9-7-14)17-13-21(26)32-22-16(17)10-11-20(29-3)23(22)30-4/h6-11,13,18H,5,12H2,1-4H3/t18-/m0/s1. The number of carbonyl (C=O) groups excluding carboxylic acids is 2. The highest BCUT2D eigenvalue weighted by atomic mass is 16.5. The number of Topliss-reactive ketones (excluding diaryl/α,β-unsaturated/α-hetero) is 1. The monoisotopic (exact) mass is 440 g/mol. The van der Waals surface area contributed by atoms with Crippen LogP contribution in [0.4, 0.5) is 0 Å². The van der Waals surface area contributed by atoms with E-state index in [9.17, 15) is 14.4 Å². The number of hydrogen-bond acceptors (Lipinski definition) is 8. The van der Waals surface area contributed by atoms with Crippen LogP contribution in [0.3, 0.4) is 0 Å². The van der Waals surface area contributed by atoms with Crippen molar-refractivity contribution in [3.63, 3.8) is 0 Å². The number of methoxy groups -OCH3 is 3. The Morgan fingerprint density at radius 3 is 2.28 bits per heavy atom. The highest BCUT2D eigenvalue weighted by Crippen LogP contribution is 2.38. The Hall–Kier alpha value is -3.81. The van der Waals surface area contributed by atoms with Gasteiger partial charge in [-0.15, -0.1) is 0 Å². The van der Waals surface area contributed by atoms with Gasteiger partial charge < -0.3 is 23.4 Å². The van der Waals surface area contributed by atoms with Gasteiger partial charge in [-0.3, -0.25) is 9.59 Å². The van der Waals surface area contributed by atoms with Crippen LogP contribution in [-0.2, 0) is 9.53 Å². The van der Waals surface area contributed by atoms with Crippen molar-refractivity contribution in [2.75, 3.05) is 27.9 Å². The van der Waals surface area contributed by atoms with Crippen molar-refractivity contribution >= 4 is 22.7 Å². The first-order valence-electron chi connectivity index (χ1n) is 9.96. The number of ketones is 1. The molecule has 1 atom stereocenters. The van der Waals surface area contributed by atoms with Crippen LogP contribution in [0, 0.1) is 0 Å². The van der Waals surface area contributed by atoms with E-state index in [4.69, 9.17) is 23.4 Å². The van der Waals surface area contributed by atoms with Crippen LogP contribution in [-0.4, -0.2) is 39.7 Å². The van der Waals surface area contributed by atoms with Gasteiger partial charge in [0.1, 0.15) is 5.75 Å². The summed E-state index contributed by atoms with van der Waals surface area (Å²) in [4.78, 5) is 38.2. The Labute approximate surface area is 184 Å². The van der Waals surface area contributed by atoms with E-state index in [0.717, 1.165) is 0 Å². The highest BCUT2D eigenvalue weighted by Gasteiger charge is 2.29. The van der Waals surface area contributed by atoms with Crippen LogP contribution in [0.15, 0.2) is 51.7 Å². The van der Waals surface area contributed by atoms with Crippen molar-refractivity contribution in [2.45, 2.75) is 19.3 Å². The molecule has 0 bridgehead atoms. The van der Waals surface area contributed by atoms with Crippen molar-refractivity contribution in [3.8, 4) is 17.2 Å². The SMILES string of the molecule is CCOC(=O)[C@@H](CC(=O)c1ccc(OC)cc1)c1cc(=O)oc2c(OC)c(OC)ccc12. The Morgan fingerprint density at radius 1 is 0.969 bits per heavy atom. The van der Waals surface area contributed by atoms with Crippen LogP contribution in [0.25, 0.3) is 11.0 Å². The zero-order valence-corrected chi connectivity index (χ0v) is 18.3. The zero-order valence-electron chi connectivity index (χ0n) is 18.3. The molecule has 8 heteroatoms. The number of esters is 1. The molecule has 0 aliphatic rings. The average molecular weight is 440 g/mol. The lowest BCUT2D eigenvalue weighted by atomic mass is 9.89. The summed E-state index contributed by atoms with van der Waals surface area (Å²) in [5.74, 6) is -0.732. The zero-order chi connectivity index (χ0) is 23.3. The summed E-state index contributed by atoms with van der Waals surface area (Å²) in [6, 6.07) is 11.1. The molecule has 0 saturated carbocycles. The molecule has 0 aliphatic carbocycles. The van der Waals surface area contributed by atoms with E-state index in [1.165, 1.54) is 27.4 Å². The van der Waals surface area contributed by atoms with Gasteiger partial charge in [0.2, 0.25) is 5.75 Å². The lowest BCUT2D eigenvalue weighted by Gasteiger charge is -2.18. The molecule has 0 N–H and O–H groups in total. The van der Waals surface area contributed by atoms with Gasteiger partial charge in [-0.2, -0.15) is 0 Å². The van der Waals surface area contributed by atoms with Crippen molar-refractivity contribution in [1.29, 1.82) is 0 Å². The summed E-state index contributed by atoms with van der Waals surface area (Å²) < 4.78 is 26.3. The molecule has 0 radical (unpaired) electrons. The van der Waals surface area contributed by atoms with Gasteiger partial charge >= 0.3 is 11.6 Å². The van der Waals surface area contributed by atoms with Gasteiger partial charge in [0.15, 0.2) is 17.1 Å². The first kappa shape index (κ1) is 22.9. The number of ether oxygens (including phenoxy) is 4. The molecule has 0 amide bonds. The normalized spacial score (nSPS) is 11.6. The molecular weight excluding hydrogens is 416 g/mol. The maximum Gasteiger partial charge on any atom is 0.336 e. The molecule has 2 aromatic carbocycles. The maximum atomic E-state index is 13.0. The van der Waals surface area contributed by atoms with Gasteiger partial charge in [-0.25, -0.2) is 4.79 Å². The molecule has 1 heterocycles. The molecule has 1 aromatic heterocycles. The number of rotatable bonds is 9. The molecule has 168 valence electrons. The smallest absolute Gasteiger partial charge is 0.336 e. The van der Waals surface area contributed by atoms with Crippen molar-refractivity contribution in [2.24, 2.45) is 0 Å². The van der Waals surface area contributed by atoms with E-state index in [1.807, 2.05) is 0 Å². The van der Waals surface area contributed by atoms with Crippen LogP contribution < -0.4 is 19.8 Å². The second kappa shape index (κ2) is 10.00. The third-order valence-electron chi connectivity index (χ3n) is 5.04. The van der Waals surface area contributed by atoms with E-state index >= 15 is 0 Å². The van der Waals surface area contributed by atoms with Crippen LogP contribution in [0.2, 0.25) is 0 Å². The first-order valence-corrected chi connectivity index (χ1v) is 9.96. The van der Waals surface area contributed by atoms with Gasteiger partial charge in [-0.05, 0) is 48.9 Å². The summed E-state index contributed by atoms with van der Waals surface area (Å²) in [7, 11) is 4.41. The van der Waals surface area contributed by atoms with Crippen LogP contribution in [0.5, 0.6) is 17.2 Å². The van der Waals surface area contributed by atoms with E-state index in [0.29, 0.717) is 28.0 Å². The second-order valence-corrected chi connectivity index (χ2v) is 6.86. The van der Waals surface area contributed by atoms with Crippen molar-refractivity contribution < 1.29 is 33.0 Å². The van der Waals surface area contributed by atoms with E-state index in [1.54, 1.807) is 43.3 Å². The largest absolute Gasteiger partial charge is 0.497 e. The highest BCUT2D eigenvalue weighted by molar-refractivity contribution is 6.01. The molecule has 0 fully saturated rings. The van der Waals surface area contributed by atoms with Gasteiger partial charge in [-0.1, -0.05) is 0 Å². The first-order chi connectivity index (χ1) is 15.4. The van der Waals surface area contributed by atoms with Gasteiger partial charge in [0, 0.05) is 23.4 Å². The topological polar surface area (TPSA) is 101 Å². The minimum atomic E-state index is -1.02. The lowest BCUT2D eigenvalue weighted by molar-refractivity contribution is -0.144. The van der Waals surface area contributed by atoms with Crippen molar-refractivity contribution in [3.05, 3.63) is 64.0 Å². The lowest BCUT2D eigenvalue weighted by Crippen LogP contribution is -2.21. The summed E-state index contributed by atoms with van der Waals surface area (Å²) in [6.07, 6.45) is -0.196. The minimum Gasteiger partial charge on any atom is -0.497 e. The molecule has 3 rings (SSSR count). The third kappa shape index (κ3) is 4.59. The second-order valence-electron chi connectivity index (χ2n) is 6.86. The predicted octanol–water partition coefficient (Wildman–Crippen LogP) is 3.74. The summed E-state index contributed by atoms with van der Waals surface area (Å²) >= 11 is 0. The Morgan fingerprint density at radius 2 is 1.69 bits per heavy atom. The summed E-state index contributed by atoms with van der Waals surface area (Å²) in [5, 5.41) is 0.447. The Bertz CT molecular complexity index is 1180.